The number of benzene rings is 1. The first-order valence-electron chi connectivity index (χ1n) is 7.84. The van der Waals surface area contributed by atoms with Crippen molar-refractivity contribution < 1.29 is 34.3 Å². The van der Waals surface area contributed by atoms with Gasteiger partial charge in [0, 0.05) is 23.8 Å². The van der Waals surface area contributed by atoms with Crippen LogP contribution in [-0.2, 0) is 14.2 Å². The fraction of sp³-hybridized carbons (Fsp3) is 0.562. The van der Waals surface area contributed by atoms with E-state index in [1.54, 1.807) is 24.3 Å². The predicted molar refractivity (Wildman–Crippen MR) is 93.6 cm³/mol. The molecular weight excluding hydrogens is 372 g/mol. The van der Waals surface area contributed by atoms with E-state index in [9.17, 15) is 15.3 Å². The van der Waals surface area contributed by atoms with Crippen LogP contribution >= 0.6 is 23.8 Å². The Balaban J connectivity index is 2.02. The lowest BCUT2D eigenvalue weighted by Gasteiger charge is -2.41. The molecule has 9 heteroatoms. The largest absolute Gasteiger partial charge is 0.447 e. The Kier molecular flexibility index (Phi) is 7.82. The minimum absolute atomic E-state index is 0.293. The van der Waals surface area contributed by atoms with Crippen molar-refractivity contribution in [3.63, 3.8) is 0 Å². The molecule has 1 fully saturated rings. The van der Waals surface area contributed by atoms with Gasteiger partial charge in [-0.25, -0.2) is 0 Å². The van der Waals surface area contributed by atoms with E-state index in [4.69, 9.17) is 42.8 Å². The molecule has 0 spiro atoms. The van der Waals surface area contributed by atoms with E-state index in [2.05, 4.69) is 0 Å². The third-order valence-corrected chi connectivity index (χ3v) is 3.99. The van der Waals surface area contributed by atoms with Gasteiger partial charge >= 0.3 is 5.24 Å². The van der Waals surface area contributed by atoms with E-state index in [-0.39, 0.29) is 5.24 Å². The van der Waals surface area contributed by atoms with E-state index < -0.39 is 37.3 Å². The van der Waals surface area contributed by atoms with Crippen molar-refractivity contribution in [2.75, 3.05) is 13.2 Å². The Morgan fingerprint density at radius 1 is 1.24 bits per heavy atom. The standard InChI is InChI=1S/C16H21ClO7S/c1-2-7-21-15-13(20)14(12(19)11(8-18)23-15)24-16(25)22-10-5-3-9(17)4-6-10/h3-6,11-15,18-20H,2,7-8H2,1H3/t11-,12+,13-,14+,15-/m1/s1. The molecule has 7 nitrogen and oxygen atoms in total. The van der Waals surface area contributed by atoms with Crippen molar-refractivity contribution in [1.29, 1.82) is 0 Å². The van der Waals surface area contributed by atoms with Gasteiger partial charge in [0.2, 0.25) is 0 Å². The highest BCUT2D eigenvalue weighted by atomic mass is 35.5. The maximum absolute atomic E-state index is 10.3. The molecule has 1 aromatic rings. The van der Waals surface area contributed by atoms with Crippen LogP contribution < -0.4 is 4.74 Å². The van der Waals surface area contributed by atoms with Crippen molar-refractivity contribution in [3.8, 4) is 5.75 Å². The van der Waals surface area contributed by atoms with Crippen LogP contribution in [0.3, 0.4) is 0 Å². The lowest BCUT2D eigenvalue weighted by Crippen LogP contribution is -2.60. The van der Waals surface area contributed by atoms with Gasteiger partial charge < -0.3 is 34.3 Å². The molecule has 140 valence electrons. The van der Waals surface area contributed by atoms with Gasteiger partial charge in [-0.15, -0.1) is 0 Å². The lowest BCUT2D eigenvalue weighted by atomic mass is 9.99. The number of halogens is 1. The minimum Gasteiger partial charge on any atom is -0.447 e. The highest BCUT2D eigenvalue weighted by Crippen LogP contribution is 2.25. The summed E-state index contributed by atoms with van der Waals surface area (Å²) in [5.41, 5.74) is 0. The van der Waals surface area contributed by atoms with Gasteiger partial charge in [-0.05, 0) is 30.7 Å². The molecule has 5 atom stereocenters. The monoisotopic (exact) mass is 392 g/mol. The summed E-state index contributed by atoms with van der Waals surface area (Å²) in [4.78, 5) is 0. The van der Waals surface area contributed by atoms with Gasteiger partial charge in [0.25, 0.3) is 0 Å². The zero-order chi connectivity index (χ0) is 18.4. The second-order valence-corrected chi connectivity index (χ2v) is 6.24. The maximum atomic E-state index is 10.3. The summed E-state index contributed by atoms with van der Waals surface area (Å²) in [6.07, 6.45) is -5.11. The zero-order valence-corrected chi connectivity index (χ0v) is 15.2. The molecule has 25 heavy (non-hydrogen) atoms. The lowest BCUT2D eigenvalue weighted by molar-refractivity contribution is -0.299. The highest BCUT2D eigenvalue weighted by molar-refractivity contribution is 7.79. The number of ether oxygens (including phenoxy) is 4. The number of rotatable bonds is 6. The van der Waals surface area contributed by atoms with Crippen LogP contribution in [-0.4, -0.2) is 64.5 Å². The fourth-order valence-corrected chi connectivity index (χ4v) is 2.63. The van der Waals surface area contributed by atoms with E-state index in [1.807, 2.05) is 6.92 Å². The maximum Gasteiger partial charge on any atom is 0.358 e. The SMILES string of the molecule is CCCO[C@@H]1O[C@H](CO)[C@H](O)[C@H](OC(=S)Oc2ccc(Cl)cc2)[C@H]1O. The van der Waals surface area contributed by atoms with Crippen LogP contribution in [0.2, 0.25) is 5.02 Å². The minimum atomic E-state index is -1.31. The van der Waals surface area contributed by atoms with Gasteiger partial charge in [-0.3, -0.25) is 0 Å². The predicted octanol–water partition coefficient (Wildman–Crippen LogP) is 1.25. The average Bonchev–Trinajstić information content (AvgIpc) is 2.60. The molecule has 0 amide bonds. The van der Waals surface area contributed by atoms with Crippen molar-refractivity contribution in [3.05, 3.63) is 29.3 Å². The van der Waals surface area contributed by atoms with Gasteiger partial charge in [0.1, 0.15) is 24.1 Å². The number of aliphatic hydroxyl groups excluding tert-OH is 3. The summed E-state index contributed by atoms with van der Waals surface area (Å²) >= 11 is 10.8. The van der Waals surface area contributed by atoms with E-state index in [0.717, 1.165) is 0 Å². The summed E-state index contributed by atoms with van der Waals surface area (Å²) in [6, 6.07) is 6.43. The molecule has 0 bridgehead atoms. The Labute approximate surface area is 156 Å². The van der Waals surface area contributed by atoms with Gasteiger partial charge in [0.15, 0.2) is 12.4 Å². The van der Waals surface area contributed by atoms with Crippen LogP contribution in [0.25, 0.3) is 0 Å². The smallest absolute Gasteiger partial charge is 0.358 e. The van der Waals surface area contributed by atoms with E-state index in [1.165, 1.54) is 0 Å². The summed E-state index contributed by atoms with van der Waals surface area (Å²) in [5.74, 6) is 0.392. The Bertz CT molecular complexity index is 556. The fourth-order valence-electron chi connectivity index (χ4n) is 2.30. The third-order valence-electron chi connectivity index (χ3n) is 3.56. The van der Waals surface area contributed by atoms with Gasteiger partial charge in [-0.1, -0.05) is 18.5 Å². The third kappa shape index (κ3) is 5.49. The van der Waals surface area contributed by atoms with Crippen LogP contribution in [0.15, 0.2) is 24.3 Å². The molecule has 0 aromatic heterocycles. The van der Waals surface area contributed by atoms with Crippen LogP contribution in [0.5, 0.6) is 5.75 Å². The molecule has 1 aliphatic heterocycles. The number of hydrogen-bond donors (Lipinski definition) is 3. The first-order chi connectivity index (χ1) is 12.0. The molecule has 2 rings (SSSR count). The normalized spacial score (nSPS) is 29.2. The van der Waals surface area contributed by atoms with Crippen molar-refractivity contribution >= 4 is 29.1 Å². The second kappa shape index (κ2) is 9.63. The molecule has 1 heterocycles. The summed E-state index contributed by atoms with van der Waals surface area (Å²) in [5, 5.41) is 30.2. The summed E-state index contributed by atoms with van der Waals surface area (Å²) in [7, 11) is 0. The quantitative estimate of drug-likeness (QED) is 0.622. The van der Waals surface area contributed by atoms with Gasteiger partial charge in [0.05, 0.1) is 6.61 Å². The number of thiocarbonyl (C=S) groups is 1. The van der Waals surface area contributed by atoms with Crippen molar-refractivity contribution in [1.82, 2.24) is 0 Å². The topological polar surface area (TPSA) is 97.6 Å². The van der Waals surface area contributed by atoms with Crippen LogP contribution in [0, 0.1) is 0 Å². The first kappa shape index (κ1) is 20.3. The van der Waals surface area contributed by atoms with E-state index in [0.29, 0.717) is 23.8 Å². The Morgan fingerprint density at radius 3 is 2.52 bits per heavy atom. The molecule has 0 saturated carbocycles. The molecule has 0 unspecified atom stereocenters. The summed E-state index contributed by atoms with van der Waals surface area (Å²) < 4.78 is 21.5. The van der Waals surface area contributed by atoms with Crippen molar-refractivity contribution in [2.24, 2.45) is 0 Å². The molecule has 0 aliphatic carbocycles. The molecule has 3 N–H and O–H groups in total. The van der Waals surface area contributed by atoms with Gasteiger partial charge in [-0.2, -0.15) is 0 Å². The molecule has 1 saturated heterocycles. The number of hydrogen-bond acceptors (Lipinski definition) is 8. The molecule has 1 aliphatic rings. The molecular formula is C16H21ClO7S. The van der Waals surface area contributed by atoms with Crippen LogP contribution in [0.4, 0.5) is 0 Å². The number of aliphatic hydroxyl groups is 3. The molecule has 1 aromatic carbocycles. The van der Waals surface area contributed by atoms with E-state index >= 15 is 0 Å². The second-order valence-electron chi connectivity index (χ2n) is 5.47. The Hall–Kier alpha value is -1.00. The average molecular weight is 393 g/mol. The highest BCUT2D eigenvalue weighted by Gasteiger charge is 2.47. The molecule has 0 radical (unpaired) electrons. The summed E-state index contributed by atoms with van der Waals surface area (Å²) in [6.45, 7) is 1.77. The zero-order valence-electron chi connectivity index (χ0n) is 13.6. The van der Waals surface area contributed by atoms with Crippen molar-refractivity contribution in [2.45, 2.75) is 44.1 Å². The Morgan fingerprint density at radius 2 is 1.92 bits per heavy atom. The first-order valence-corrected chi connectivity index (χ1v) is 8.63. The van der Waals surface area contributed by atoms with Crippen LogP contribution in [0.1, 0.15) is 13.3 Å².